The van der Waals surface area contributed by atoms with Gasteiger partial charge in [-0.1, -0.05) is 38.6 Å². The topological polar surface area (TPSA) is 87.0 Å². The fourth-order valence-electron chi connectivity index (χ4n) is 4.87. The van der Waals surface area contributed by atoms with E-state index in [2.05, 4.69) is 66.9 Å². The zero-order valence-electron chi connectivity index (χ0n) is 24.7. The van der Waals surface area contributed by atoms with Crippen LogP contribution in [-0.2, 0) is 16.4 Å². The molecular formula is C32H41N5O3S. The first-order valence-corrected chi connectivity index (χ1v) is 16.0. The van der Waals surface area contributed by atoms with Gasteiger partial charge in [0.2, 0.25) is 0 Å². The molecule has 41 heavy (non-hydrogen) atoms. The van der Waals surface area contributed by atoms with E-state index in [1.165, 1.54) is 24.1 Å². The van der Waals surface area contributed by atoms with Gasteiger partial charge in [-0.15, -0.1) is 0 Å². The van der Waals surface area contributed by atoms with Crippen LogP contribution in [0.4, 0.5) is 17.2 Å². The van der Waals surface area contributed by atoms with Gasteiger partial charge in [0.25, 0.3) is 5.56 Å². The summed E-state index contributed by atoms with van der Waals surface area (Å²) in [5, 5.41) is 3.52. The number of aromatic nitrogens is 1. The molecule has 0 spiro atoms. The predicted octanol–water partition coefficient (Wildman–Crippen LogP) is 5.52. The second-order valence-corrected chi connectivity index (χ2v) is 12.7. The number of anilines is 2. The highest BCUT2D eigenvalue weighted by atomic mass is 32.2. The zero-order chi connectivity index (χ0) is 29.7. The minimum atomic E-state index is -3.33. The lowest BCUT2D eigenvalue weighted by atomic mass is 10.0. The highest BCUT2D eigenvalue weighted by Crippen LogP contribution is 2.28. The molecule has 4 rings (SSSR count). The molecule has 1 saturated heterocycles. The first kappa shape index (κ1) is 30.3. The Hall–Kier alpha value is -3.69. The van der Waals surface area contributed by atoms with Gasteiger partial charge in [-0.05, 0) is 68.4 Å². The molecule has 1 aliphatic heterocycles. The van der Waals surface area contributed by atoms with Crippen molar-refractivity contribution < 1.29 is 8.42 Å². The number of nitrogens with zero attached hydrogens (tertiary/aromatic N) is 4. The van der Waals surface area contributed by atoms with Crippen LogP contribution in [-0.4, -0.2) is 63.2 Å². The van der Waals surface area contributed by atoms with Crippen molar-refractivity contribution in [2.45, 2.75) is 38.6 Å². The van der Waals surface area contributed by atoms with Crippen molar-refractivity contribution >= 4 is 38.9 Å². The Morgan fingerprint density at radius 2 is 1.68 bits per heavy atom. The second-order valence-electron chi connectivity index (χ2n) is 10.7. The third kappa shape index (κ3) is 6.97. The zero-order valence-corrected chi connectivity index (χ0v) is 25.5. The lowest BCUT2D eigenvalue weighted by molar-refractivity contribution is 0.313. The molecule has 0 bridgehead atoms. The molecule has 1 aromatic heterocycles. The lowest BCUT2D eigenvalue weighted by Crippen LogP contribution is -2.44. The number of benzene rings is 2. The Balaban J connectivity index is 1.70. The summed E-state index contributed by atoms with van der Waals surface area (Å²) in [5.74, 6) is 1.43. The monoisotopic (exact) mass is 575 g/mol. The molecule has 1 unspecified atom stereocenters. The number of hydrogen-bond donors (Lipinski definition) is 1. The highest BCUT2D eigenvalue weighted by molar-refractivity contribution is 7.90. The molecule has 3 aromatic rings. The molecule has 2 aromatic carbocycles. The van der Waals surface area contributed by atoms with Gasteiger partial charge >= 0.3 is 0 Å². The molecule has 1 fully saturated rings. The van der Waals surface area contributed by atoms with Crippen molar-refractivity contribution in [3.8, 4) is 11.1 Å². The van der Waals surface area contributed by atoms with E-state index in [4.69, 9.17) is 4.99 Å². The number of rotatable bonds is 9. The summed E-state index contributed by atoms with van der Waals surface area (Å²) in [7, 11) is -1.18. The smallest absolute Gasteiger partial charge is 0.260 e. The number of pyridine rings is 1. The number of hydrogen-bond acceptors (Lipinski definition) is 6. The highest BCUT2D eigenvalue weighted by Gasteiger charge is 2.18. The van der Waals surface area contributed by atoms with Crippen molar-refractivity contribution in [3.05, 3.63) is 77.1 Å². The van der Waals surface area contributed by atoms with E-state index in [-0.39, 0.29) is 16.4 Å². The summed E-state index contributed by atoms with van der Waals surface area (Å²) in [6, 6.07) is 16.6. The van der Waals surface area contributed by atoms with Crippen molar-refractivity contribution in [1.29, 1.82) is 0 Å². The molecule has 0 amide bonds. The van der Waals surface area contributed by atoms with E-state index < -0.39 is 9.84 Å². The van der Waals surface area contributed by atoms with Crippen molar-refractivity contribution in [1.82, 2.24) is 9.47 Å². The van der Waals surface area contributed by atoms with E-state index in [0.29, 0.717) is 23.5 Å². The van der Waals surface area contributed by atoms with Gasteiger partial charge in [-0.3, -0.25) is 9.36 Å². The average molecular weight is 576 g/mol. The maximum Gasteiger partial charge on any atom is 0.260 e. The minimum Gasteiger partial charge on any atom is -0.369 e. The Morgan fingerprint density at radius 1 is 1.05 bits per heavy atom. The Bertz CT molecular complexity index is 1570. The Labute approximate surface area is 244 Å². The normalized spacial score (nSPS) is 15.5. The first-order valence-electron chi connectivity index (χ1n) is 14.2. The van der Waals surface area contributed by atoms with E-state index in [0.717, 1.165) is 49.7 Å². The fourth-order valence-corrected chi connectivity index (χ4v) is 5.50. The van der Waals surface area contributed by atoms with E-state index >= 15 is 0 Å². The van der Waals surface area contributed by atoms with Gasteiger partial charge in [0, 0.05) is 67.4 Å². The molecule has 0 aliphatic carbocycles. The molecular weight excluding hydrogens is 534 g/mol. The predicted molar refractivity (Wildman–Crippen MR) is 171 cm³/mol. The first-order chi connectivity index (χ1) is 19.5. The standard InChI is InChI=1S/C32H41N5O3S/c1-7-23(4)30(33-26-12-14-27(15-13-26)36-20-18-35(5)19-21-36)34-31-24(8-2)22-29(32(38)37(31)9-3)25-10-16-28(17-11-25)41(6,39)40/h8,10-17,22-23H,2,7,9,18-21H2,1,3-6H3,(H,33,34). The lowest BCUT2D eigenvalue weighted by Gasteiger charge is -2.34. The van der Waals surface area contributed by atoms with Crippen molar-refractivity contribution in [2.24, 2.45) is 10.9 Å². The summed E-state index contributed by atoms with van der Waals surface area (Å²) >= 11 is 0. The number of nitrogens with one attached hydrogen (secondary N) is 1. The molecule has 2 heterocycles. The van der Waals surface area contributed by atoms with Gasteiger partial charge in [0.15, 0.2) is 9.84 Å². The number of aliphatic imine (C=N–C) groups is 1. The number of sulfone groups is 1. The largest absolute Gasteiger partial charge is 0.369 e. The summed E-state index contributed by atoms with van der Waals surface area (Å²) in [6.45, 7) is 14.7. The van der Waals surface area contributed by atoms with Gasteiger partial charge in [0.1, 0.15) is 11.7 Å². The van der Waals surface area contributed by atoms with Crippen LogP contribution < -0.4 is 15.8 Å². The van der Waals surface area contributed by atoms with E-state index in [1.807, 2.05) is 6.92 Å². The third-order valence-corrected chi connectivity index (χ3v) is 8.86. The van der Waals surface area contributed by atoms with Crippen LogP contribution in [0.3, 0.4) is 0 Å². The van der Waals surface area contributed by atoms with Crippen LogP contribution >= 0.6 is 0 Å². The molecule has 0 saturated carbocycles. The van der Waals surface area contributed by atoms with Crippen LogP contribution in [0.15, 0.2) is 75.9 Å². The molecule has 9 heteroatoms. The Kier molecular flexibility index (Phi) is 9.50. The summed E-state index contributed by atoms with van der Waals surface area (Å²) in [6.07, 6.45) is 3.74. The van der Waals surface area contributed by atoms with Gasteiger partial charge in [-0.2, -0.15) is 0 Å². The maximum absolute atomic E-state index is 13.7. The van der Waals surface area contributed by atoms with E-state index in [9.17, 15) is 13.2 Å². The van der Waals surface area contributed by atoms with Crippen molar-refractivity contribution in [3.63, 3.8) is 0 Å². The molecule has 0 radical (unpaired) electrons. The third-order valence-electron chi connectivity index (χ3n) is 7.73. The van der Waals surface area contributed by atoms with E-state index in [1.54, 1.807) is 28.8 Å². The molecule has 1 N–H and O–H groups in total. The average Bonchev–Trinajstić information content (AvgIpc) is 2.97. The second kappa shape index (κ2) is 12.9. The van der Waals surface area contributed by atoms with Gasteiger partial charge < -0.3 is 15.1 Å². The summed E-state index contributed by atoms with van der Waals surface area (Å²) in [5.41, 5.74) is 3.79. The molecule has 1 atom stereocenters. The SMILES string of the molecule is C=Cc1cc(-c2ccc(S(C)(=O)=O)cc2)c(=O)n(CC)c1N=C(Nc1ccc(N2CCN(C)CC2)cc1)C(C)CC. The van der Waals surface area contributed by atoms with Gasteiger partial charge in [-0.25, -0.2) is 13.4 Å². The van der Waals surface area contributed by atoms with Crippen LogP contribution in [0.25, 0.3) is 17.2 Å². The van der Waals surface area contributed by atoms with Crippen LogP contribution in [0.2, 0.25) is 0 Å². The quantitative estimate of drug-likeness (QED) is 0.267. The maximum atomic E-state index is 13.7. The molecule has 8 nitrogen and oxygen atoms in total. The Morgan fingerprint density at radius 3 is 2.22 bits per heavy atom. The van der Waals surface area contributed by atoms with Gasteiger partial charge in [0.05, 0.1) is 4.90 Å². The number of amidine groups is 1. The molecule has 218 valence electrons. The van der Waals surface area contributed by atoms with Crippen LogP contribution in [0, 0.1) is 5.92 Å². The minimum absolute atomic E-state index is 0.119. The van der Waals surface area contributed by atoms with Crippen LogP contribution in [0.1, 0.15) is 32.8 Å². The number of piperazine rings is 1. The molecule has 1 aliphatic rings. The summed E-state index contributed by atoms with van der Waals surface area (Å²) < 4.78 is 25.5. The summed E-state index contributed by atoms with van der Waals surface area (Å²) in [4.78, 5) is 23.7. The number of likely N-dealkylation sites (N-methyl/N-ethyl adjacent to an activating group) is 1. The van der Waals surface area contributed by atoms with Crippen LogP contribution in [0.5, 0.6) is 0 Å². The van der Waals surface area contributed by atoms with Crippen molar-refractivity contribution in [2.75, 3.05) is 49.7 Å². The fraction of sp³-hybridized carbons (Fsp3) is 0.375.